The first-order valence-corrected chi connectivity index (χ1v) is 21.1. The minimum atomic E-state index is 0.625. The summed E-state index contributed by atoms with van der Waals surface area (Å²) in [6.45, 7) is 0. The fourth-order valence-corrected chi connectivity index (χ4v) is 9.23. The van der Waals surface area contributed by atoms with E-state index in [1.807, 2.05) is 108 Å². The summed E-state index contributed by atoms with van der Waals surface area (Å²) in [6.07, 6.45) is 0. The molecule has 0 fully saturated rings. The Morgan fingerprint density at radius 3 is 1.30 bits per heavy atom. The number of nitrogens with zero attached hydrogens (tertiary/aromatic N) is 5. The summed E-state index contributed by atoms with van der Waals surface area (Å²) in [5, 5.41) is 2.49. The third kappa shape index (κ3) is 7.05. The summed E-state index contributed by atoms with van der Waals surface area (Å²) < 4.78 is 2.49. The van der Waals surface area contributed by atoms with E-state index in [-0.39, 0.29) is 0 Å². The van der Waals surface area contributed by atoms with Crippen LogP contribution in [0.3, 0.4) is 0 Å². The lowest BCUT2D eigenvalue weighted by Crippen LogP contribution is -2.00. The highest BCUT2D eigenvalue weighted by Gasteiger charge is 2.19. The molecule has 0 unspecified atom stereocenters. The number of fused-ring (bicyclic) bond motifs is 3. The van der Waals surface area contributed by atoms with Crippen LogP contribution in [0.1, 0.15) is 0 Å². The zero-order chi connectivity index (χ0) is 40.5. The second-order valence-electron chi connectivity index (χ2n) is 14.9. The van der Waals surface area contributed by atoms with Crippen LogP contribution in [-0.2, 0) is 0 Å². The van der Waals surface area contributed by atoms with Crippen molar-refractivity contribution < 1.29 is 0 Å². The predicted octanol–water partition coefficient (Wildman–Crippen LogP) is 14.4. The van der Waals surface area contributed by atoms with Gasteiger partial charge in [-0.15, -0.1) is 11.3 Å². The molecule has 286 valence electrons. The molecule has 0 amide bonds. The third-order valence-corrected chi connectivity index (χ3v) is 12.2. The molecule has 0 saturated heterocycles. The van der Waals surface area contributed by atoms with Gasteiger partial charge in [0.1, 0.15) is 0 Å². The molecule has 0 radical (unpaired) electrons. The van der Waals surface area contributed by atoms with Gasteiger partial charge in [0, 0.05) is 59.1 Å². The Hall–Kier alpha value is -7.93. The molecule has 0 aliphatic carbocycles. The lowest BCUT2D eigenvalue weighted by atomic mass is 9.91. The smallest absolute Gasteiger partial charge is 0.164 e. The fourth-order valence-electron chi connectivity index (χ4n) is 7.96. The third-order valence-electron chi connectivity index (χ3n) is 11.0. The second kappa shape index (κ2) is 15.7. The van der Waals surface area contributed by atoms with Crippen LogP contribution in [0.5, 0.6) is 0 Å². The van der Waals surface area contributed by atoms with E-state index >= 15 is 0 Å². The first-order chi connectivity index (χ1) is 30.2. The molecular weight excluding hydrogens is 763 g/mol. The van der Waals surface area contributed by atoms with Gasteiger partial charge in [0.2, 0.25) is 0 Å². The Labute approximate surface area is 357 Å². The van der Waals surface area contributed by atoms with Gasteiger partial charge in [-0.25, -0.2) is 24.9 Å². The zero-order valence-electron chi connectivity index (χ0n) is 32.9. The monoisotopic (exact) mass is 797 g/mol. The molecule has 5 nitrogen and oxygen atoms in total. The summed E-state index contributed by atoms with van der Waals surface area (Å²) >= 11 is 1.83. The molecule has 0 spiro atoms. The molecular formula is C55H35N5S. The molecule has 61 heavy (non-hydrogen) atoms. The Morgan fingerprint density at radius 1 is 0.279 bits per heavy atom. The summed E-state index contributed by atoms with van der Waals surface area (Å²) in [7, 11) is 0. The highest BCUT2D eigenvalue weighted by Crippen LogP contribution is 2.46. The van der Waals surface area contributed by atoms with Crippen molar-refractivity contribution in [2.75, 3.05) is 0 Å². The van der Waals surface area contributed by atoms with Crippen LogP contribution >= 0.6 is 11.3 Å². The van der Waals surface area contributed by atoms with E-state index < -0.39 is 0 Å². The number of hydrogen-bond acceptors (Lipinski definition) is 6. The number of benzene rings is 8. The Kier molecular flexibility index (Phi) is 9.30. The molecule has 3 aromatic heterocycles. The molecule has 3 heterocycles. The molecule has 0 aliphatic rings. The van der Waals surface area contributed by atoms with Gasteiger partial charge in [-0.3, -0.25) is 0 Å². The van der Waals surface area contributed by atoms with Crippen LogP contribution in [-0.4, -0.2) is 24.9 Å². The van der Waals surface area contributed by atoms with Crippen molar-refractivity contribution in [3.05, 3.63) is 212 Å². The minimum absolute atomic E-state index is 0.625. The van der Waals surface area contributed by atoms with Crippen LogP contribution < -0.4 is 0 Å². The standard InChI is InChI=1S/C55H35N5S/c1-5-16-37(17-6-1)47-35-48(38-18-7-2-8-19-38)57-55(56-47)43-25-15-24-42(34-43)50-44(32-33-46-45-26-13-14-27-49(45)61-51(46)50)36-28-30-41(31-29-36)54-59-52(39-20-9-3-10-21-39)58-53(60-54)40-22-11-4-12-23-40/h1-35H. The first-order valence-electron chi connectivity index (χ1n) is 20.2. The molecule has 0 saturated carbocycles. The maximum atomic E-state index is 5.18. The van der Waals surface area contributed by atoms with Gasteiger partial charge < -0.3 is 0 Å². The van der Waals surface area contributed by atoms with Gasteiger partial charge in [0.15, 0.2) is 23.3 Å². The summed E-state index contributed by atoms with van der Waals surface area (Å²) in [5.74, 6) is 2.58. The van der Waals surface area contributed by atoms with E-state index in [2.05, 4.69) is 115 Å². The van der Waals surface area contributed by atoms with Crippen LogP contribution in [0, 0.1) is 0 Å². The van der Waals surface area contributed by atoms with E-state index in [1.165, 1.54) is 25.7 Å². The SMILES string of the molecule is c1ccc(-c2cc(-c3ccccc3)nc(-c3cccc(-c4c(-c5ccc(-c6nc(-c7ccccc7)nc(-c7ccccc7)n6)cc5)ccc5c4sc4ccccc45)c3)n2)cc1. The normalized spacial score (nSPS) is 11.3. The molecule has 0 atom stereocenters. The van der Waals surface area contributed by atoms with Crippen molar-refractivity contribution in [3.63, 3.8) is 0 Å². The zero-order valence-corrected chi connectivity index (χ0v) is 33.7. The van der Waals surface area contributed by atoms with Crippen molar-refractivity contribution in [1.29, 1.82) is 0 Å². The largest absolute Gasteiger partial charge is 0.228 e. The summed E-state index contributed by atoms with van der Waals surface area (Å²) in [4.78, 5) is 25.2. The molecule has 6 heteroatoms. The van der Waals surface area contributed by atoms with Crippen LogP contribution in [0.4, 0.5) is 0 Å². The minimum Gasteiger partial charge on any atom is -0.228 e. The molecule has 11 aromatic rings. The van der Waals surface area contributed by atoms with Crippen molar-refractivity contribution in [3.8, 4) is 90.3 Å². The van der Waals surface area contributed by atoms with Crippen molar-refractivity contribution in [2.45, 2.75) is 0 Å². The molecule has 0 aliphatic heterocycles. The van der Waals surface area contributed by atoms with E-state index in [4.69, 9.17) is 24.9 Å². The fraction of sp³-hybridized carbons (Fsp3) is 0. The number of hydrogen-bond donors (Lipinski definition) is 0. The lowest BCUT2D eigenvalue weighted by molar-refractivity contribution is 1.07. The summed E-state index contributed by atoms with van der Waals surface area (Å²) in [6, 6.07) is 73.4. The molecule has 8 aromatic carbocycles. The van der Waals surface area contributed by atoms with Gasteiger partial charge in [0.25, 0.3) is 0 Å². The van der Waals surface area contributed by atoms with Gasteiger partial charge in [-0.1, -0.05) is 194 Å². The summed E-state index contributed by atoms with van der Waals surface area (Å²) in [5.41, 5.74) is 12.1. The predicted molar refractivity (Wildman–Crippen MR) is 252 cm³/mol. The second-order valence-corrected chi connectivity index (χ2v) is 15.9. The maximum absolute atomic E-state index is 5.18. The van der Waals surface area contributed by atoms with Gasteiger partial charge in [-0.05, 0) is 34.9 Å². The van der Waals surface area contributed by atoms with E-state index in [9.17, 15) is 0 Å². The van der Waals surface area contributed by atoms with Crippen molar-refractivity contribution in [2.24, 2.45) is 0 Å². The molecule has 0 N–H and O–H groups in total. The van der Waals surface area contributed by atoms with Crippen LogP contribution in [0.25, 0.3) is 110 Å². The highest BCUT2D eigenvalue weighted by atomic mass is 32.1. The molecule has 11 rings (SSSR count). The quantitative estimate of drug-likeness (QED) is 0.153. The van der Waals surface area contributed by atoms with Crippen molar-refractivity contribution >= 4 is 31.5 Å². The Bertz CT molecular complexity index is 3220. The van der Waals surface area contributed by atoms with Crippen LogP contribution in [0.2, 0.25) is 0 Å². The molecule has 0 bridgehead atoms. The van der Waals surface area contributed by atoms with Crippen molar-refractivity contribution in [1.82, 2.24) is 24.9 Å². The maximum Gasteiger partial charge on any atom is 0.164 e. The average molecular weight is 798 g/mol. The Balaban J connectivity index is 1.05. The van der Waals surface area contributed by atoms with E-state index in [0.717, 1.165) is 61.5 Å². The highest BCUT2D eigenvalue weighted by molar-refractivity contribution is 7.26. The topological polar surface area (TPSA) is 64.5 Å². The van der Waals surface area contributed by atoms with E-state index in [1.54, 1.807) is 0 Å². The number of aromatic nitrogens is 5. The van der Waals surface area contributed by atoms with Crippen LogP contribution in [0.15, 0.2) is 212 Å². The van der Waals surface area contributed by atoms with Gasteiger partial charge in [-0.2, -0.15) is 0 Å². The number of thiophene rings is 1. The first kappa shape index (κ1) is 36.2. The average Bonchev–Trinajstić information content (AvgIpc) is 3.73. The van der Waals surface area contributed by atoms with Gasteiger partial charge in [0.05, 0.1) is 11.4 Å². The lowest BCUT2D eigenvalue weighted by Gasteiger charge is -2.15. The number of rotatable bonds is 8. The van der Waals surface area contributed by atoms with Gasteiger partial charge >= 0.3 is 0 Å². The Morgan fingerprint density at radius 2 is 0.721 bits per heavy atom. The van der Waals surface area contributed by atoms with E-state index in [0.29, 0.717) is 23.3 Å².